The SMILES string of the molecule is CCCc1c(OCCCOc2cc(OCc3ccccc3)c(-c3ccc(F)cc3)cc2CC)cccc1Oc1ccccc1CC(=O)O. The van der Waals surface area contributed by atoms with Crippen LogP contribution in [0.3, 0.4) is 0 Å². The molecule has 0 aliphatic heterocycles. The second-order valence-electron chi connectivity index (χ2n) is 11.4. The van der Waals surface area contributed by atoms with Crippen molar-refractivity contribution < 1.29 is 33.2 Å². The molecule has 0 aliphatic rings. The van der Waals surface area contributed by atoms with Gasteiger partial charge in [0, 0.05) is 29.2 Å². The smallest absolute Gasteiger partial charge is 0.307 e. The summed E-state index contributed by atoms with van der Waals surface area (Å²) in [5.41, 5.74) is 5.38. The summed E-state index contributed by atoms with van der Waals surface area (Å²) in [7, 11) is 0. The van der Waals surface area contributed by atoms with Crippen molar-refractivity contribution in [2.24, 2.45) is 0 Å². The van der Waals surface area contributed by atoms with E-state index in [0.29, 0.717) is 49.1 Å². The molecule has 0 fully saturated rings. The number of aryl methyl sites for hydroxylation is 1. The van der Waals surface area contributed by atoms with E-state index in [1.54, 1.807) is 24.3 Å². The van der Waals surface area contributed by atoms with Crippen molar-refractivity contribution in [1.82, 2.24) is 0 Å². The van der Waals surface area contributed by atoms with Crippen molar-refractivity contribution in [2.75, 3.05) is 13.2 Å². The fraction of sp³-hybridized carbons (Fsp3) is 0.244. The average Bonchev–Trinajstić information content (AvgIpc) is 3.10. The number of benzene rings is 5. The zero-order valence-corrected chi connectivity index (χ0v) is 27.4. The third kappa shape index (κ3) is 9.16. The second-order valence-corrected chi connectivity index (χ2v) is 11.4. The summed E-state index contributed by atoms with van der Waals surface area (Å²) >= 11 is 0. The molecule has 7 heteroatoms. The fourth-order valence-electron chi connectivity index (χ4n) is 5.45. The topological polar surface area (TPSA) is 74.2 Å². The van der Waals surface area contributed by atoms with Crippen molar-refractivity contribution >= 4 is 5.97 Å². The van der Waals surface area contributed by atoms with Gasteiger partial charge in [0.15, 0.2) is 0 Å². The van der Waals surface area contributed by atoms with Crippen LogP contribution >= 0.6 is 0 Å². The van der Waals surface area contributed by atoms with Crippen molar-refractivity contribution in [3.63, 3.8) is 0 Å². The van der Waals surface area contributed by atoms with Crippen LogP contribution < -0.4 is 18.9 Å². The van der Waals surface area contributed by atoms with Crippen LogP contribution in [-0.4, -0.2) is 24.3 Å². The van der Waals surface area contributed by atoms with Crippen molar-refractivity contribution in [3.05, 3.63) is 137 Å². The number of aliphatic carboxylic acids is 1. The lowest BCUT2D eigenvalue weighted by Crippen LogP contribution is -2.08. The van der Waals surface area contributed by atoms with Crippen LogP contribution in [0.15, 0.2) is 109 Å². The van der Waals surface area contributed by atoms with Gasteiger partial charge in [-0.1, -0.05) is 87.0 Å². The third-order valence-electron chi connectivity index (χ3n) is 7.86. The molecular formula is C41H41FO6. The number of ether oxygens (including phenoxy) is 4. The first-order chi connectivity index (χ1) is 23.4. The molecule has 0 aliphatic carbocycles. The number of para-hydroxylation sites is 1. The first kappa shape index (κ1) is 34.0. The Labute approximate surface area is 281 Å². The predicted molar refractivity (Wildman–Crippen MR) is 186 cm³/mol. The van der Waals surface area contributed by atoms with Crippen LogP contribution in [0.25, 0.3) is 11.1 Å². The maximum Gasteiger partial charge on any atom is 0.307 e. The van der Waals surface area contributed by atoms with Crippen LogP contribution in [0, 0.1) is 5.82 Å². The molecule has 248 valence electrons. The number of rotatable bonds is 17. The number of hydrogen-bond donors (Lipinski definition) is 1. The highest BCUT2D eigenvalue weighted by atomic mass is 19.1. The number of carbonyl (C=O) groups is 1. The number of hydrogen-bond acceptors (Lipinski definition) is 5. The highest BCUT2D eigenvalue weighted by Crippen LogP contribution is 2.38. The molecule has 0 saturated heterocycles. The molecule has 0 spiro atoms. The summed E-state index contributed by atoms with van der Waals surface area (Å²) in [5, 5.41) is 9.33. The highest BCUT2D eigenvalue weighted by molar-refractivity contribution is 5.73. The van der Waals surface area contributed by atoms with E-state index in [-0.39, 0.29) is 12.2 Å². The number of halogens is 1. The zero-order valence-electron chi connectivity index (χ0n) is 27.4. The summed E-state index contributed by atoms with van der Waals surface area (Å²) in [6.45, 7) is 5.43. The van der Waals surface area contributed by atoms with Gasteiger partial charge in [0.05, 0.1) is 19.6 Å². The van der Waals surface area contributed by atoms with E-state index in [2.05, 4.69) is 19.9 Å². The molecule has 0 aromatic heterocycles. The molecule has 6 nitrogen and oxygen atoms in total. The van der Waals surface area contributed by atoms with Gasteiger partial charge in [-0.05, 0) is 65.9 Å². The monoisotopic (exact) mass is 648 g/mol. The fourth-order valence-corrected chi connectivity index (χ4v) is 5.45. The number of carboxylic acids is 1. The molecule has 0 radical (unpaired) electrons. The molecular weight excluding hydrogens is 607 g/mol. The van der Waals surface area contributed by atoms with E-state index in [1.165, 1.54) is 12.1 Å². The maximum absolute atomic E-state index is 13.7. The first-order valence-corrected chi connectivity index (χ1v) is 16.4. The van der Waals surface area contributed by atoms with Crippen LogP contribution in [-0.2, 0) is 30.7 Å². The minimum Gasteiger partial charge on any atom is -0.493 e. The molecule has 0 unspecified atom stereocenters. The van der Waals surface area contributed by atoms with E-state index in [9.17, 15) is 14.3 Å². The maximum atomic E-state index is 13.7. The van der Waals surface area contributed by atoms with Gasteiger partial charge in [-0.25, -0.2) is 4.39 Å². The van der Waals surface area contributed by atoms with Gasteiger partial charge < -0.3 is 24.1 Å². The summed E-state index contributed by atoms with van der Waals surface area (Å²) in [4.78, 5) is 11.4. The van der Waals surface area contributed by atoms with Crippen LogP contribution in [0.5, 0.6) is 28.7 Å². The minimum atomic E-state index is -0.912. The lowest BCUT2D eigenvalue weighted by atomic mass is 10.00. The van der Waals surface area contributed by atoms with E-state index < -0.39 is 5.97 Å². The first-order valence-electron chi connectivity index (χ1n) is 16.4. The molecule has 5 aromatic rings. The summed E-state index contributed by atoms with van der Waals surface area (Å²) in [5.74, 6) is 2.12. The molecule has 48 heavy (non-hydrogen) atoms. The molecule has 0 bridgehead atoms. The van der Waals surface area contributed by atoms with Crippen molar-refractivity contribution in [3.8, 4) is 39.9 Å². The summed E-state index contributed by atoms with van der Waals surface area (Å²) in [6, 6.07) is 33.3. The van der Waals surface area contributed by atoms with Gasteiger partial charge >= 0.3 is 5.97 Å². The van der Waals surface area contributed by atoms with Gasteiger partial charge in [-0.2, -0.15) is 0 Å². The van der Waals surface area contributed by atoms with E-state index >= 15 is 0 Å². The Bertz CT molecular complexity index is 1790. The third-order valence-corrected chi connectivity index (χ3v) is 7.86. The Morgan fingerprint density at radius 1 is 0.688 bits per heavy atom. The summed E-state index contributed by atoms with van der Waals surface area (Å²) in [6.07, 6.45) is 2.90. The normalized spacial score (nSPS) is 10.8. The Morgan fingerprint density at radius 2 is 1.38 bits per heavy atom. The van der Waals surface area contributed by atoms with Crippen LogP contribution in [0.1, 0.15) is 48.9 Å². The quantitative estimate of drug-likeness (QED) is 0.101. The van der Waals surface area contributed by atoms with Gasteiger partial charge in [-0.15, -0.1) is 0 Å². The van der Waals surface area contributed by atoms with E-state index in [0.717, 1.165) is 58.6 Å². The molecule has 0 saturated carbocycles. The number of carboxylic acid groups (broad SMARTS) is 1. The Kier molecular flexibility index (Phi) is 12.1. The molecule has 0 heterocycles. The van der Waals surface area contributed by atoms with Crippen molar-refractivity contribution in [1.29, 1.82) is 0 Å². The zero-order chi connectivity index (χ0) is 33.7. The van der Waals surface area contributed by atoms with Gasteiger partial charge in [0.2, 0.25) is 0 Å². The Hall–Kier alpha value is -5.30. The lowest BCUT2D eigenvalue weighted by molar-refractivity contribution is -0.136. The van der Waals surface area contributed by atoms with Crippen LogP contribution in [0.4, 0.5) is 4.39 Å². The largest absolute Gasteiger partial charge is 0.493 e. The summed E-state index contributed by atoms with van der Waals surface area (Å²) < 4.78 is 38.8. The predicted octanol–water partition coefficient (Wildman–Crippen LogP) is 9.85. The van der Waals surface area contributed by atoms with Gasteiger partial charge in [-0.3, -0.25) is 4.79 Å². The molecule has 0 amide bonds. The van der Waals surface area contributed by atoms with Crippen LogP contribution in [0.2, 0.25) is 0 Å². The Morgan fingerprint density at radius 3 is 2.10 bits per heavy atom. The minimum absolute atomic E-state index is 0.120. The standard InChI is InChI=1S/C41H41FO6/c1-3-12-34-37(17-10-18-38(34)48-36-16-9-8-15-32(36)26-41(43)44)45-23-11-24-46-39-27-40(47-28-29-13-6-5-7-14-29)35(25-30(39)4-2)31-19-21-33(42)22-20-31/h5-10,13-22,25,27H,3-4,11-12,23-24,26,28H2,1-2H3,(H,43,44). The molecule has 1 N–H and O–H groups in total. The van der Waals surface area contributed by atoms with Gasteiger partial charge in [0.1, 0.15) is 41.2 Å². The van der Waals surface area contributed by atoms with E-state index in [4.69, 9.17) is 18.9 Å². The average molecular weight is 649 g/mol. The lowest BCUT2D eigenvalue weighted by Gasteiger charge is -2.18. The Balaban J connectivity index is 1.27. The van der Waals surface area contributed by atoms with Crippen molar-refractivity contribution in [2.45, 2.75) is 52.6 Å². The molecule has 5 rings (SSSR count). The molecule has 0 atom stereocenters. The van der Waals surface area contributed by atoms with Gasteiger partial charge in [0.25, 0.3) is 0 Å². The highest BCUT2D eigenvalue weighted by Gasteiger charge is 2.16. The molecule has 5 aromatic carbocycles. The van der Waals surface area contributed by atoms with E-state index in [1.807, 2.05) is 66.7 Å². The second kappa shape index (κ2) is 17.0.